The lowest BCUT2D eigenvalue weighted by Crippen LogP contribution is -2.47. The fourth-order valence-corrected chi connectivity index (χ4v) is 2.76. The molecule has 23 heavy (non-hydrogen) atoms. The van der Waals surface area contributed by atoms with Crippen LogP contribution >= 0.6 is 11.6 Å². The molecule has 1 heterocycles. The van der Waals surface area contributed by atoms with E-state index in [0.717, 1.165) is 26.2 Å². The van der Waals surface area contributed by atoms with Crippen LogP contribution in [0, 0.1) is 5.82 Å². The normalized spacial score (nSPS) is 16.3. The fraction of sp³-hybridized carbons (Fsp3) is 0.467. The summed E-state index contributed by atoms with van der Waals surface area (Å²) in [6.07, 6.45) is 0.224. The van der Waals surface area contributed by atoms with E-state index in [1.54, 1.807) is 12.1 Å². The van der Waals surface area contributed by atoms with Crippen molar-refractivity contribution in [2.24, 2.45) is 5.73 Å². The molecule has 0 spiro atoms. The minimum atomic E-state index is -0.832. The third-order valence-corrected chi connectivity index (χ3v) is 4.18. The zero-order valence-corrected chi connectivity index (χ0v) is 13.5. The van der Waals surface area contributed by atoms with E-state index in [9.17, 15) is 14.0 Å². The van der Waals surface area contributed by atoms with Crippen molar-refractivity contribution in [2.45, 2.75) is 13.0 Å². The van der Waals surface area contributed by atoms with Gasteiger partial charge >= 0.3 is 6.03 Å². The minimum absolute atomic E-state index is 0.224. The average molecular weight is 343 g/mol. The molecule has 3 amide bonds. The Morgan fingerprint density at radius 1 is 1.22 bits per heavy atom. The molecule has 1 aliphatic heterocycles. The summed E-state index contributed by atoms with van der Waals surface area (Å²) in [4.78, 5) is 26.2. The van der Waals surface area contributed by atoms with Crippen LogP contribution in [0.25, 0.3) is 0 Å². The van der Waals surface area contributed by atoms with Gasteiger partial charge in [0.15, 0.2) is 0 Å². The van der Waals surface area contributed by atoms with Crippen LogP contribution in [0.1, 0.15) is 12.0 Å². The van der Waals surface area contributed by atoms with Gasteiger partial charge in [0.1, 0.15) is 5.82 Å². The molecular weight excluding hydrogens is 323 g/mol. The summed E-state index contributed by atoms with van der Waals surface area (Å²) in [6, 6.07) is 3.86. The number of benzene rings is 1. The van der Waals surface area contributed by atoms with E-state index in [1.807, 2.05) is 5.32 Å². The van der Waals surface area contributed by atoms with E-state index in [1.165, 1.54) is 6.07 Å². The molecule has 0 radical (unpaired) electrons. The van der Waals surface area contributed by atoms with Crippen LogP contribution in [-0.2, 0) is 11.3 Å². The van der Waals surface area contributed by atoms with Crippen molar-refractivity contribution in [1.82, 2.24) is 15.1 Å². The number of nitrogens with two attached hydrogens (primary N) is 1. The number of imide groups is 1. The smallest absolute Gasteiger partial charge is 0.318 e. The Hall–Kier alpha value is -1.70. The fourth-order valence-electron chi connectivity index (χ4n) is 2.54. The number of hydrogen-bond acceptors (Lipinski definition) is 4. The van der Waals surface area contributed by atoms with Crippen LogP contribution < -0.4 is 11.1 Å². The second-order valence-electron chi connectivity index (χ2n) is 5.48. The number of rotatable bonds is 5. The molecule has 6 nitrogen and oxygen atoms in total. The van der Waals surface area contributed by atoms with Gasteiger partial charge in [0.05, 0.1) is 0 Å². The molecule has 0 bridgehead atoms. The van der Waals surface area contributed by atoms with Gasteiger partial charge in [0, 0.05) is 56.3 Å². The van der Waals surface area contributed by atoms with Crippen molar-refractivity contribution in [3.8, 4) is 0 Å². The Morgan fingerprint density at radius 2 is 1.87 bits per heavy atom. The lowest BCUT2D eigenvalue weighted by Gasteiger charge is -2.34. The molecule has 8 heteroatoms. The number of nitrogens with one attached hydrogen (secondary N) is 1. The number of nitrogens with zero attached hydrogens (tertiary/aromatic N) is 2. The Balaban J connectivity index is 1.76. The van der Waals surface area contributed by atoms with Crippen molar-refractivity contribution in [3.05, 3.63) is 34.6 Å². The molecule has 1 aromatic rings. The number of carbonyl (C=O) groups excluding carboxylic acids is 2. The van der Waals surface area contributed by atoms with Gasteiger partial charge in [-0.25, -0.2) is 9.18 Å². The van der Waals surface area contributed by atoms with Gasteiger partial charge in [-0.15, -0.1) is 0 Å². The quantitative estimate of drug-likeness (QED) is 0.842. The Labute approximate surface area is 139 Å². The molecule has 126 valence electrons. The summed E-state index contributed by atoms with van der Waals surface area (Å²) < 4.78 is 13.8. The van der Waals surface area contributed by atoms with Gasteiger partial charge in [-0.05, 0) is 12.1 Å². The molecule has 0 saturated carbocycles. The first-order valence-electron chi connectivity index (χ1n) is 7.42. The minimum Gasteiger partial charge on any atom is -0.351 e. The van der Waals surface area contributed by atoms with Crippen molar-refractivity contribution in [2.75, 3.05) is 32.7 Å². The highest BCUT2D eigenvalue weighted by atomic mass is 35.5. The van der Waals surface area contributed by atoms with Crippen LogP contribution in [0.3, 0.4) is 0 Å². The molecule has 0 aromatic heterocycles. The highest BCUT2D eigenvalue weighted by molar-refractivity contribution is 6.31. The highest BCUT2D eigenvalue weighted by Crippen LogP contribution is 2.21. The number of primary amides is 1. The molecule has 1 saturated heterocycles. The first kappa shape index (κ1) is 17.7. The van der Waals surface area contributed by atoms with E-state index < -0.39 is 6.03 Å². The summed E-state index contributed by atoms with van der Waals surface area (Å²) in [7, 11) is 0. The van der Waals surface area contributed by atoms with E-state index in [4.69, 9.17) is 17.3 Å². The summed E-state index contributed by atoms with van der Waals surface area (Å²) in [6.45, 7) is 4.12. The maximum Gasteiger partial charge on any atom is 0.318 e. The summed E-state index contributed by atoms with van der Waals surface area (Å²) >= 11 is 6.04. The van der Waals surface area contributed by atoms with Crippen molar-refractivity contribution in [1.29, 1.82) is 0 Å². The molecule has 3 N–H and O–H groups in total. The second-order valence-corrected chi connectivity index (χ2v) is 5.89. The Kier molecular flexibility index (Phi) is 6.32. The van der Waals surface area contributed by atoms with E-state index in [0.29, 0.717) is 23.7 Å². The molecule has 0 atom stereocenters. The zero-order chi connectivity index (χ0) is 16.8. The molecule has 1 aliphatic rings. The zero-order valence-electron chi connectivity index (χ0n) is 12.7. The second kappa shape index (κ2) is 8.24. The Morgan fingerprint density at radius 3 is 2.48 bits per heavy atom. The van der Waals surface area contributed by atoms with E-state index in [-0.39, 0.29) is 18.1 Å². The van der Waals surface area contributed by atoms with Gasteiger partial charge in [-0.3, -0.25) is 15.0 Å². The van der Waals surface area contributed by atoms with E-state index >= 15 is 0 Å². The molecule has 1 aromatic carbocycles. The lowest BCUT2D eigenvalue weighted by atomic mass is 10.2. The van der Waals surface area contributed by atoms with Gasteiger partial charge < -0.3 is 10.6 Å². The number of urea groups is 1. The van der Waals surface area contributed by atoms with Gasteiger partial charge in [0.2, 0.25) is 5.91 Å². The number of piperazine rings is 1. The lowest BCUT2D eigenvalue weighted by molar-refractivity contribution is -0.120. The predicted molar refractivity (Wildman–Crippen MR) is 85.5 cm³/mol. The van der Waals surface area contributed by atoms with Crippen molar-refractivity contribution < 1.29 is 14.0 Å². The molecule has 0 aliphatic carbocycles. The number of carbonyl (C=O) groups is 2. The van der Waals surface area contributed by atoms with Crippen LogP contribution in [-0.4, -0.2) is 54.5 Å². The van der Waals surface area contributed by atoms with Crippen molar-refractivity contribution >= 4 is 23.5 Å². The number of halogens is 2. The SMILES string of the molecule is NC(=O)NC(=O)CCN1CCN(Cc2c(F)cccc2Cl)CC1. The largest absolute Gasteiger partial charge is 0.351 e. The van der Waals surface area contributed by atoms with Gasteiger partial charge in [-0.2, -0.15) is 0 Å². The van der Waals surface area contributed by atoms with Crippen LogP contribution in [0.5, 0.6) is 0 Å². The van der Waals surface area contributed by atoms with Crippen LogP contribution in [0.2, 0.25) is 5.02 Å². The van der Waals surface area contributed by atoms with Gasteiger partial charge in [0.25, 0.3) is 0 Å². The van der Waals surface area contributed by atoms with Crippen molar-refractivity contribution in [3.63, 3.8) is 0 Å². The maximum atomic E-state index is 13.8. The van der Waals surface area contributed by atoms with Gasteiger partial charge in [-0.1, -0.05) is 17.7 Å². The molecule has 0 unspecified atom stereocenters. The number of amides is 3. The highest BCUT2D eigenvalue weighted by Gasteiger charge is 2.19. The summed E-state index contributed by atoms with van der Waals surface area (Å²) in [5.74, 6) is -0.666. The third kappa shape index (κ3) is 5.46. The number of hydrogen-bond donors (Lipinski definition) is 2. The van der Waals surface area contributed by atoms with Crippen LogP contribution in [0.15, 0.2) is 18.2 Å². The molecule has 1 fully saturated rings. The maximum absolute atomic E-state index is 13.8. The third-order valence-electron chi connectivity index (χ3n) is 3.83. The average Bonchev–Trinajstić information content (AvgIpc) is 2.49. The molecule has 2 rings (SSSR count). The standard InChI is InChI=1S/C15H20ClFN4O2/c16-12-2-1-3-13(17)11(12)10-21-8-6-20(7-9-21)5-4-14(22)19-15(18)23/h1-3H,4-10H2,(H3,18,19,22,23). The molecular formula is C15H20ClFN4O2. The van der Waals surface area contributed by atoms with E-state index in [2.05, 4.69) is 9.80 Å². The monoisotopic (exact) mass is 342 g/mol. The Bertz CT molecular complexity index is 556. The summed E-state index contributed by atoms with van der Waals surface area (Å²) in [5, 5.41) is 2.48. The predicted octanol–water partition coefficient (Wildman–Crippen LogP) is 1.18. The first-order chi connectivity index (χ1) is 11.0. The summed E-state index contributed by atoms with van der Waals surface area (Å²) in [5.41, 5.74) is 5.40. The van der Waals surface area contributed by atoms with Crippen LogP contribution in [0.4, 0.5) is 9.18 Å². The first-order valence-corrected chi connectivity index (χ1v) is 7.80. The topological polar surface area (TPSA) is 78.7 Å².